The van der Waals surface area contributed by atoms with E-state index in [-0.39, 0.29) is 5.56 Å². The lowest BCUT2D eigenvalue weighted by Crippen LogP contribution is -1.96. The molecule has 2 aromatic carbocycles. The van der Waals surface area contributed by atoms with Crippen LogP contribution in [0, 0.1) is 0 Å². The van der Waals surface area contributed by atoms with E-state index in [4.69, 9.17) is 9.84 Å². The summed E-state index contributed by atoms with van der Waals surface area (Å²) < 4.78 is 5.78. The van der Waals surface area contributed by atoms with Gasteiger partial charge in [0.1, 0.15) is 11.5 Å². The van der Waals surface area contributed by atoms with Gasteiger partial charge in [-0.1, -0.05) is 18.2 Å². The Hall–Kier alpha value is -2.88. The maximum Gasteiger partial charge on any atom is 0.335 e. The van der Waals surface area contributed by atoms with Gasteiger partial charge in [-0.15, -0.1) is 0 Å². The Morgan fingerprint density at radius 3 is 2.75 bits per heavy atom. The molecular formula is C16H11NO3. The number of ether oxygens (including phenoxy) is 1. The lowest BCUT2D eigenvalue weighted by atomic mass is 10.2. The fourth-order valence-corrected chi connectivity index (χ4v) is 1.98. The summed E-state index contributed by atoms with van der Waals surface area (Å²) in [5.74, 6) is 0.162. The number of hydrogen-bond donors (Lipinski definition) is 1. The molecule has 0 atom stereocenters. The number of nitrogens with zero attached hydrogens (tertiary/aromatic N) is 1. The van der Waals surface area contributed by atoms with Gasteiger partial charge in [-0.25, -0.2) is 4.79 Å². The van der Waals surface area contributed by atoms with Crippen LogP contribution < -0.4 is 4.74 Å². The van der Waals surface area contributed by atoms with E-state index in [1.807, 2.05) is 24.3 Å². The van der Waals surface area contributed by atoms with Crippen molar-refractivity contribution in [2.24, 2.45) is 0 Å². The average molecular weight is 265 g/mol. The second-order valence-electron chi connectivity index (χ2n) is 4.26. The van der Waals surface area contributed by atoms with Crippen LogP contribution >= 0.6 is 0 Å². The Kier molecular flexibility index (Phi) is 3.05. The highest BCUT2D eigenvalue weighted by Gasteiger charge is 2.07. The molecule has 0 fully saturated rings. The molecule has 0 aliphatic carbocycles. The number of aromatic nitrogens is 1. The van der Waals surface area contributed by atoms with Crippen molar-refractivity contribution in [1.29, 1.82) is 0 Å². The van der Waals surface area contributed by atoms with E-state index in [1.54, 1.807) is 24.4 Å². The number of pyridine rings is 1. The van der Waals surface area contributed by atoms with Crippen molar-refractivity contribution in [2.75, 3.05) is 0 Å². The lowest BCUT2D eigenvalue weighted by Gasteiger charge is -2.08. The summed E-state index contributed by atoms with van der Waals surface area (Å²) in [7, 11) is 0. The van der Waals surface area contributed by atoms with Crippen molar-refractivity contribution >= 4 is 16.9 Å². The zero-order valence-electron chi connectivity index (χ0n) is 10.5. The normalized spacial score (nSPS) is 10.4. The first kappa shape index (κ1) is 12.2. The molecule has 4 heteroatoms. The number of benzene rings is 2. The summed E-state index contributed by atoms with van der Waals surface area (Å²) in [4.78, 5) is 15.2. The molecule has 0 saturated heterocycles. The highest BCUT2D eigenvalue weighted by molar-refractivity contribution is 5.88. The van der Waals surface area contributed by atoms with Gasteiger partial charge < -0.3 is 9.84 Å². The molecule has 0 saturated carbocycles. The minimum absolute atomic E-state index is 0.195. The zero-order valence-corrected chi connectivity index (χ0v) is 10.5. The Morgan fingerprint density at radius 1 is 1.05 bits per heavy atom. The van der Waals surface area contributed by atoms with Gasteiger partial charge in [0, 0.05) is 11.6 Å². The van der Waals surface area contributed by atoms with Gasteiger partial charge in [0.25, 0.3) is 0 Å². The van der Waals surface area contributed by atoms with Crippen LogP contribution in [0.25, 0.3) is 10.9 Å². The predicted molar refractivity (Wildman–Crippen MR) is 75.2 cm³/mol. The number of carboxylic acid groups (broad SMARTS) is 1. The van der Waals surface area contributed by atoms with E-state index in [1.165, 1.54) is 12.1 Å². The molecule has 1 N–H and O–H groups in total. The minimum atomic E-state index is -0.977. The van der Waals surface area contributed by atoms with E-state index >= 15 is 0 Å². The Bertz CT molecular complexity index is 778. The van der Waals surface area contributed by atoms with Gasteiger partial charge in [-0.3, -0.25) is 4.98 Å². The monoisotopic (exact) mass is 265 g/mol. The first-order chi connectivity index (χ1) is 9.74. The van der Waals surface area contributed by atoms with Crippen molar-refractivity contribution in [3.05, 3.63) is 66.4 Å². The van der Waals surface area contributed by atoms with Crippen LogP contribution in [0.3, 0.4) is 0 Å². The molecule has 0 spiro atoms. The summed E-state index contributed by atoms with van der Waals surface area (Å²) in [6.07, 6.45) is 1.67. The van der Waals surface area contributed by atoms with Crippen LogP contribution in [-0.4, -0.2) is 16.1 Å². The topological polar surface area (TPSA) is 59.4 Å². The quantitative estimate of drug-likeness (QED) is 0.784. The number of aromatic carboxylic acids is 1. The highest BCUT2D eigenvalue weighted by atomic mass is 16.5. The number of rotatable bonds is 3. The first-order valence-electron chi connectivity index (χ1n) is 6.09. The van der Waals surface area contributed by atoms with E-state index in [0.29, 0.717) is 11.5 Å². The van der Waals surface area contributed by atoms with E-state index in [9.17, 15) is 4.79 Å². The molecule has 4 nitrogen and oxygen atoms in total. The third-order valence-electron chi connectivity index (χ3n) is 2.92. The maximum atomic E-state index is 11.0. The molecule has 0 radical (unpaired) electrons. The van der Waals surface area contributed by atoms with Crippen LogP contribution in [0.2, 0.25) is 0 Å². The largest absolute Gasteiger partial charge is 0.478 e. The molecule has 0 aliphatic rings. The summed E-state index contributed by atoms with van der Waals surface area (Å²) in [5.41, 5.74) is 1.03. The van der Waals surface area contributed by atoms with E-state index in [0.717, 1.165) is 10.9 Å². The second kappa shape index (κ2) is 5.01. The third-order valence-corrected chi connectivity index (χ3v) is 2.92. The molecule has 3 aromatic rings. The molecule has 0 aliphatic heterocycles. The first-order valence-corrected chi connectivity index (χ1v) is 6.09. The van der Waals surface area contributed by atoms with Crippen molar-refractivity contribution in [2.45, 2.75) is 0 Å². The lowest BCUT2D eigenvalue weighted by molar-refractivity contribution is 0.0696. The van der Waals surface area contributed by atoms with E-state index in [2.05, 4.69) is 4.98 Å². The highest BCUT2D eigenvalue weighted by Crippen LogP contribution is 2.28. The predicted octanol–water partition coefficient (Wildman–Crippen LogP) is 3.73. The molecular weight excluding hydrogens is 254 g/mol. The van der Waals surface area contributed by atoms with Crippen LogP contribution in [0.15, 0.2) is 60.8 Å². The SMILES string of the molecule is O=C(O)c1cccc(Oc2ccnc3ccccc23)c1. The molecule has 0 bridgehead atoms. The fraction of sp³-hybridized carbons (Fsp3) is 0. The summed E-state index contributed by atoms with van der Waals surface area (Å²) in [5, 5.41) is 9.87. The van der Waals surface area contributed by atoms with Gasteiger partial charge >= 0.3 is 5.97 Å². The van der Waals surface area contributed by atoms with Crippen molar-refractivity contribution < 1.29 is 14.6 Å². The summed E-state index contributed by atoms with van der Waals surface area (Å²) in [6, 6.07) is 15.8. The Morgan fingerprint density at radius 2 is 1.90 bits per heavy atom. The number of carbonyl (C=O) groups is 1. The van der Waals surface area contributed by atoms with Gasteiger partial charge in [-0.05, 0) is 36.4 Å². The Labute approximate surface area is 115 Å². The average Bonchev–Trinajstić information content (AvgIpc) is 2.48. The number of fused-ring (bicyclic) bond motifs is 1. The zero-order chi connectivity index (χ0) is 13.9. The molecule has 0 amide bonds. The number of hydrogen-bond acceptors (Lipinski definition) is 3. The van der Waals surface area contributed by atoms with Gasteiger partial charge in [0.05, 0.1) is 11.1 Å². The molecule has 20 heavy (non-hydrogen) atoms. The third kappa shape index (κ3) is 2.31. The summed E-state index contributed by atoms with van der Waals surface area (Å²) >= 11 is 0. The van der Waals surface area contributed by atoms with Crippen molar-refractivity contribution in [3.63, 3.8) is 0 Å². The standard InChI is InChI=1S/C16H11NO3/c18-16(19)11-4-3-5-12(10-11)20-15-8-9-17-14-7-2-1-6-13(14)15/h1-10H,(H,18,19). The molecule has 1 aromatic heterocycles. The Balaban J connectivity index is 2.01. The summed E-state index contributed by atoms with van der Waals surface area (Å²) in [6.45, 7) is 0. The van der Waals surface area contributed by atoms with Crippen molar-refractivity contribution in [1.82, 2.24) is 4.98 Å². The number of para-hydroxylation sites is 1. The molecule has 3 rings (SSSR count). The second-order valence-corrected chi connectivity index (χ2v) is 4.26. The van der Waals surface area contributed by atoms with Crippen LogP contribution in [-0.2, 0) is 0 Å². The van der Waals surface area contributed by atoms with Crippen LogP contribution in [0.4, 0.5) is 0 Å². The minimum Gasteiger partial charge on any atom is -0.478 e. The van der Waals surface area contributed by atoms with Crippen LogP contribution in [0.5, 0.6) is 11.5 Å². The number of carboxylic acids is 1. The molecule has 98 valence electrons. The molecule has 0 unspecified atom stereocenters. The molecule has 1 heterocycles. The fourth-order valence-electron chi connectivity index (χ4n) is 1.98. The van der Waals surface area contributed by atoms with E-state index < -0.39 is 5.97 Å². The van der Waals surface area contributed by atoms with Gasteiger partial charge in [0.2, 0.25) is 0 Å². The smallest absolute Gasteiger partial charge is 0.335 e. The van der Waals surface area contributed by atoms with Crippen molar-refractivity contribution in [3.8, 4) is 11.5 Å². The van der Waals surface area contributed by atoms with Gasteiger partial charge in [-0.2, -0.15) is 0 Å². The maximum absolute atomic E-state index is 11.0. The van der Waals surface area contributed by atoms with Crippen LogP contribution in [0.1, 0.15) is 10.4 Å². The van der Waals surface area contributed by atoms with Gasteiger partial charge in [0.15, 0.2) is 0 Å².